The molecular formula is C18H15ClF3N7O2S. The maximum Gasteiger partial charge on any atom is 0.416 e. The number of thiazole rings is 1. The highest BCUT2D eigenvalue weighted by molar-refractivity contribution is 7.13. The molecule has 0 bridgehead atoms. The van der Waals surface area contributed by atoms with Gasteiger partial charge in [-0.1, -0.05) is 11.6 Å². The number of hydrogen-bond acceptors (Lipinski definition) is 8. The molecule has 32 heavy (non-hydrogen) atoms. The Bertz CT molecular complexity index is 1190. The van der Waals surface area contributed by atoms with Crippen molar-refractivity contribution in [2.24, 2.45) is 0 Å². The fourth-order valence-corrected chi connectivity index (χ4v) is 3.54. The third kappa shape index (κ3) is 5.11. The van der Waals surface area contributed by atoms with E-state index in [2.05, 4.69) is 30.6 Å². The second kappa shape index (κ2) is 9.04. The molecular weight excluding hydrogens is 471 g/mol. The first-order valence-electron chi connectivity index (χ1n) is 8.85. The summed E-state index contributed by atoms with van der Waals surface area (Å²) in [5, 5.41) is 5.21. The van der Waals surface area contributed by atoms with E-state index < -0.39 is 29.6 Å². The Kier molecular flexibility index (Phi) is 6.60. The number of pyridine rings is 1. The molecule has 0 spiro atoms. The Hall–Kier alpha value is -3.32. The van der Waals surface area contributed by atoms with Gasteiger partial charge in [0.15, 0.2) is 5.69 Å². The minimum absolute atomic E-state index is 0.0499. The lowest BCUT2D eigenvalue weighted by Crippen LogP contribution is -2.28. The van der Waals surface area contributed by atoms with Crippen molar-refractivity contribution < 1.29 is 22.8 Å². The van der Waals surface area contributed by atoms with Crippen LogP contribution in [-0.2, 0) is 6.18 Å². The van der Waals surface area contributed by atoms with Gasteiger partial charge < -0.3 is 16.4 Å². The molecule has 14 heteroatoms. The van der Waals surface area contributed by atoms with Gasteiger partial charge >= 0.3 is 6.18 Å². The normalized spacial score (nSPS) is 12.3. The van der Waals surface area contributed by atoms with Crippen LogP contribution in [0, 0.1) is 6.92 Å². The number of nitrogens with two attached hydrogens (primary N) is 1. The molecule has 0 saturated carbocycles. The van der Waals surface area contributed by atoms with E-state index in [1.54, 1.807) is 6.92 Å². The molecule has 0 saturated heterocycles. The van der Waals surface area contributed by atoms with E-state index in [4.69, 9.17) is 17.3 Å². The van der Waals surface area contributed by atoms with Crippen LogP contribution in [0.25, 0.3) is 0 Å². The van der Waals surface area contributed by atoms with E-state index in [1.807, 2.05) is 0 Å². The van der Waals surface area contributed by atoms with Gasteiger partial charge in [0, 0.05) is 6.20 Å². The molecule has 3 heterocycles. The lowest BCUT2D eigenvalue weighted by atomic mass is 10.1. The minimum Gasteiger partial charge on any atom is -0.382 e. The first kappa shape index (κ1) is 23.3. The third-order valence-electron chi connectivity index (χ3n) is 4.15. The number of carbonyl (C=O) groups excluding carboxylic acids is 2. The van der Waals surface area contributed by atoms with E-state index in [-0.39, 0.29) is 32.8 Å². The number of amides is 2. The Morgan fingerprint density at radius 1 is 1.16 bits per heavy atom. The Morgan fingerprint density at radius 2 is 1.88 bits per heavy atom. The molecule has 9 nitrogen and oxygen atoms in total. The summed E-state index contributed by atoms with van der Waals surface area (Å²) in [6.07, 6.45) is -1.21. The summed E-state index contributed by atoms with van der Waals surface area (Å²) in [6.45, 7) is 2.89. The summed E-state index contributed by atoms with van der Waals surface area (Å²) in [7, 11) is 0. The number of alkyl halides is 3. The van der Waals surface area contributed by atoms with E-state index in [9.17, 15) is 22.8 Å². The topological polar surface area (TPSA) is 136 Å². The molecule has 0 aliphatic carbocycles. The number of hydrogen-bond donors (Lipinski definition) is 3. The smallest absolute Gasteiger partial charge is 0.382 e. The average molecular weight is 486 g/mol. The van der Waals surface area contributed by atoms with Crippen LogP contribution in [0.3, 0.4) is 0 Å². The van der Waals surface area contributed by atoms with E-state index >= 15 is 0 Å². The number of carbonyl (C=O) groups is 2. The zero-order chi connectivity index (χ0) is 23.6. The number of aromatic nitrogens is 4. The van der Waals surface area contributed by atoms with Gasteiger partial charge in [-0.25, -0.2) is 19.9 Å². The molecule has 0 aliphatic rings. The van der Waals surface area contributed by atoms with Gasteiger partial charge in [0.25, 0.3) is 11.8 Å². The highest BCUT2D eigenvalue weighted by Crippen LogP contribution is 2.33. The number of aryl methyl sites for hydroxylation is 1. The molecule has 3 aromatic heterocycles. The van der Waals surface area contributed by atoms with Gasteiger partial charge in [0.2, 0.25) is 0 Å². The van der Waals surface area contributed by atoms with Crippen LogP contribution in [0.15, 0.2) is 24.8 Å². The number of anilines is 2. The standard InChI is InChI=1S/C18H15ClF3N7O2S/c1-7-4-24-11(3-9(7)18(20,21)22)29-15(30)10-5-25-17(32-10)8(2)28-16(31)13-12(19)14(23)27-6-26-13/h3-6,8H,1-2H3,(H,28,31)(H2,23,26,27)(H,24,29,30)/t8-/m1/s1. The maximum atomic E-state index is 13.0. The second-order valence-electron chi connectivity index (χ2n) is 6.52. The lowest BCUT2D eigenvalue weighted by Gasteiger charge is -2.12. The third-order valence-corrected chi connectivity index (χ3v) is 5.70. The van der Waals surface area contributed by atoms with Crippen molar-refractivity contribution in [1.82, 2.24) is 25.3 Å². The quantitative estimate of drug-likeness (QED) is 0.502. The molecule has 3 rings (SSSR count). The fraction of sp³-hybridized carbons (Fsp3) is 0.222. The van der Waals surface area contributed by atoms with Gasteiger partial charge in [0.05, 0.1) is 17.8 Å². The summed E-state index contributed by atoms with van der Waals surface area (Å²) >= 11 is 6.88. The van der Waals surface area contributed by atoms with Crippen molar-refractivity contribution in [3.63, 3.8) is 0 Å². The summed E-state index contributed by atoms with van der Waals surface area (Å²) in [6, 6.07) is 0.130. The van der Waals surface area contributed by atoms with Gasteiger partial charge in [-0.2, -0.15) is 13.2 Å². The molecule has 0 aliphatic heterocycles. The lowest BCUT2D eigenvalue weighted by molar-refractivity contribution is -0.138. The molecule has 168 valence electrons. The summed E-state index contributed by atoms with van der Waals surface area (Å²) in [5.74, 6) is -1.61. The van der Waals surface area contributed by atoms with Gasteiger partial charge in [0.1, 0.15) is 32.9 Å². The number of nitrogen functional groups attached to an aromatic ring is 1. The Balaban J connectivity index is 1.70. The molecule has 4 N–H and O–H groups in total. The van der Waals surface area contributed by atoms with Crippen molar-refractivity contribution >= 4 is 46.4 Å². The number of rotatable bonds is 5. The zero-order valence-electron chi connectivity index (χ0n) is 16.5. The molecule has 2 amide bonds. The van der Waals surface area contributed by atoms with Crippen molar-refractivity contribution in [2.75, 3.05) is 11.1 Å². The first-order chi connectivity index (χ1) is 15.0. The van der Waals surface area contributed by atoms with E-state index in [1.165, 1.54) is 13.1 Å². The second-order valence-corrected chi connectivity index (χ2v) is 7.96. The molecule has 0 unspecified atom stereocenters. The highest BCUT2D eigenvalue weighted by atomic mass is 35.5. The number of nitrogens with one attached hydrogen (secondary N) is 2. The fourth-order valence-electron chi connectivity index (χ4n) is 2.54. The van der Waals surface area contributed by atoms with Crippen LogP contribution in [-0.4, -0.2) is 31.8 Å². The van der Waals surface area contributed by atoms with Crippen molar-refractivity contribution in [3.8, 4) is 0 Å². The van der Waals surface area contributed by atoms with Crippen LogP contribution in [0.2, 0.25) is 5.02 Å². The summed E-state index contributed by atoms with van der Waals surface area (Å²) in [5.41, 5.74) is 4.48. The number of nitrogens with zero attached hydrogens (tertiary/aromatic N) is 4. The first-order valence-corrected chi connectivity index (χ1v) is 10.0. The predicted molar refractivity (Wildman–Crippen MR) is 111 cm³/mol. The molecule has 0 aromatic carbocycles. The van der Waals surface area contributed by atoms with Crippen molar-refractivity contribution in [1.29, 1.82) is 0 Å². The molecule has 1 atom stereocenters. The molecule has 0 radical (unpaired) electrons. The van der Waals surface area contributed by atoms with Crippen LogP contribution < -0.4 is 16.4 Å². The van der Waals surface area contributed by atoms with E-state index in [0.717, 1.165) is 29.9 Å². The van der Waals surface area contributed by atoms with Crippen molar-refractivity contribution in [3.05, 3.63) is 56.5 Å². The van der Waals surface area contributed by atoms with Gasteiger partial charge in [-0.15, -0.1) is 11.3 Å². The SMILES string of the molecule is Cc1cnc(NC(=O)c2cnc([C@@H](C)NC(=O)c3ncnc(N)c3Cl)s2)cc1C(F)(F)F. The van der Waals surface area contributed by atoms with Crippen LogP contribution in [0.1, 0.15) is 49.3 Å². The highest BCUT2D eigenvalue weighted by Gasteiger charge is 2.33. The predicted octanol–water partition coefficient (Wildman–Crippen LogP) is 3.63. The molecule has 3 aromatic rings. The monoisotopic (exact) mass is 485 g/mol. The minimum atomic E-state index is -4.57. The van der Waals surface area contributed by atoms with Gasteiger partial charge in [-0.3, -0.25) is 9.59 Å². The largest absolute Gasteiger partial charge is 0.416 e. The Labute approximate surface area is 188 Å². The van der Waals surface area contributed by atoms with Gasteiger partial charge in [-0.05, 0) is 25.5 Å². The van der Waals surface area contributed by atoms with E-state index in [0.29, 0.717) is 5.01 Å². The summed E-state index contributed by atoms with van der Waals surface area (Å²) < 4.78 is 39.1. The maximum absolute atomic E-state index is 13.0. The average Bonchev–Trinajstić information content (AvgIpc) is 3.21. The zero-order valence-corrected chi connectivity index (χ0v) is 18.1. The van der Waals surface area contributed by atoms with Crippen LogP contribution in [0.5, 0.6) is 0 Å². The molecule has 0 fully saturated rings. The summed E-state index contributed by atoms with van der Waals surface area (Å²) in [4.78, 5) is 40.3. The Morgan fingerprint density at radius 3 is 2.56 bits per heavy atom. The van der Waals surface area contributed by atoms with Crippen LogP contribution >= 0.6 is 22.9 Å². The van der Waals surface area contributed by atoms with Crippen LogP contribution in [0.4, 0.5) is 24.8 Å². The number of halogens is 4. The van der Waals surface area contributed by atoms with Crippen molar-refractivity contribution in [2.45, 2.75) is 26.1 Å².